The lowest BCUT2D eigenvalue weighted by atomic mass is 9.97. The molecule has 0 spiro atoms. The number of nitriles is 1. The first-order valence-corrected chi connectivity index (χ1v) is 14.3. The Hall–Kier alpha value is -3.14. The van der Waals surface area contributed by atoms with Crippen LogP contribution in [0.4, 0.5) is 13.2 Å². The van der Waals surface area contributed by atoms with Gasteiger partial charge in [-0.3, -0.25) is 19.4 Å². The lowest BCUT2D eigenvalue weighted by Gasteiger charge is -2.36. The van der Waals surface area contributed by atoms with E-state index < -0.39 is 53.7 Å². The van der Waals surface area contributed by atoms with E-state index in [9.17, 15) is 32.8 Å². The Bertz CT molecular complexity index is 1500. The molecule has 2 aliphatic rings. The lowest BCUT2D eigenvalue weighted by molar-refractivity contribution is -0.177. The van der Waals surface area contributed by atoms with Gasteiger partial charge in [-0.15, -0.1) is 0 Å². The van der Waals surface area contributed by atoms with Gasteiger partial charge in [-0.1, -0.05) is 43.1 Å². The first-order valence-electron chi connectivity index (χ1n) is 13.6. The smallest absolute Gasteiger partial charge is 0.370 e. The summed E-state index contributed by atoms with van der Waals surface area (Å²) in [5, 5.41) is 16.0. The highest BCUT2D eigenvalue weighted by molar-refractivity contribution is 6.45. The number of rotatable bonds is 7. The maximum absolute atomic E-state index is 13.9. The molecule has 1 aliphatic carbocycles. The molecule has 2 heterocycles. The predicted molar refractivity (Wildman–Crippen MR) is 153 cm³/mol. The second-order valence-electron chi connectivity index (χ2n) is 12.5. The summed E-state index contributed by atoms with van der Waals surface area (Å²) in [7, 11) is 0. The summed E-state index contributed by atoms with van der Waals surface area (Å²) < 4.78 is 45.5. The number of piperidine rings is 1. The van der Waals surface area contributed by atoms with Gasteiger partial charge in [0.15, 0.2) is 0 Å². The van der Waals surface area contributed by atoms with Crippen LogP contribution in [0, 0.1) is 28.6 Å². The van der Waals surface area contributed by atoms with E-state index in [1.54, 1.807) is 38.2 Å². The second kappa shape index (κ2) is 11.4. The van der Waals surface area contributed by atoms with Crippen molar-refractivity contribution in [1.29, 1.82) is 5.26 Å². The van der Waals surface area contributed by atoms with Crippen LogP contribution in [0.25, 0.3) is 10.8 Å². The van der Waals surface area contributed by atoms with E-state index in [1.165, 1.54) is 24.2 Å². The molecule has 43 heavy (non-hydrogen) atoms. The van der Waals surface area contributed by atoms with Gasteiger partial charge in [-0.25, -0.2) is 0 Å². The third kappa shape index (κ3) is 6.40. The van der Waals surface area contributed by atoms with E-state index in [0.717, 1.165) is 0 Å². The Kier molecular flexibility index (Phi) is 8.70. The maximum atomic E-state index is 13.9. The van der Waals surface area contributed by atoms with Crippen molar-refractivity contribution in [3.63, 3.8) is 0 Å². The summed E-state index contributed by atoms with van der Waals surface area (Å²) in [5.74, 6) is -4.30. The summed E-state index contributed by atoms with van der Waals surface area (Å²) in [4.78, 5) is 45.0. The van der Waals surface area contributed by atoms with Crippen molar-refractivity contribution < 1.29 is 32.3 Å². The monoisotopic (exact) mass is 641 g/mol. The Morgan fingerprint density at radius 3 is 2.37 bits per heavy atom. The summed E-state index contributed by atoms with van der Waals surface area (Å²) >= 11 is 12.5. The minimum Gasteiger partial charge on any atom is -0.370 e. The minimum atomic E-state index is -5.24. The van der Waals surface area contributed by atoms with Crippen LogP contribution in [0.3, 0.4) is 0 Å². The molecule has 1 aromatic carbocycles. The summed E-state index contributed by atoms with van der Waals surface area (Å²) in [6, 6.07) is 1.19. The molecule has 9 nitrogen and oxygen atoms in total. The molecule has 2 fully saturated rings. The van der Waals surface area contributed by atoms with Gasteiger partial charge in [-0.2, -0.15) is 18.4 Å². The van der Waals surface area contributed by atoms with Crippen LogP contribution in [-0.4, -0.2) is 64.1 Å². The number of ether oxygens (including phenoxy) is 1. The quantitative estimate of drug-likeness (QED) is 0.441. The summed E-state index contributed by atoms with van der Waals surface area (Å²) in [6.07, 6.45) is -3.52. The van der Waals surface area contributed by atoms with Crippen molar-refractivity contribution in [2.24, 2.45) is 17.3 Å². The number of likely N-dealkylation sites (tertiary alicyclic amines) is 1. The highest BCUT2D eigenvalue weighted by atomic mass is 35.5. The highest BCUT2D eigenvalue weighted by Gasteiger charge is 2.69. The SMILES string of the molecule is C[C@@H](OC(C)(C)C)[C@H](NC(=O)C(F)(F)F)C(=O)N1C[C@H]2[C@@H]([C@H]1C(=O)NC(C#N)c1cncc3c(Cl)c(Cl)ccc13)C2(C)C. The number of carbonyl (C=O) groups excluding carboxylic acids is 3. The normalized spacial score (nSPS) is 23.1. The van der Waals surface area contributed by atoms with E-state index >= 15 is 0 Å². The molecular formula is C29H32Cl2F3N5O4. The predicted octanol–water partition coefficient (Wildman–Crippen LogP) is 4.96. The molecule has 2 aromatic rings. The van der Waals surface area contributed by atoms with Gasteiger partial charge in [0.05, 0.1) is 27.8 Å². The standard InChI is InChI=1S/C29H32Cl2F3N5O4/c1-13(43-27(2,3)4)22(38-26(42)29(32,33)34)25(41)39-12-17-20(28(17,5)6)23(39)24(40)37-19(9-35)15-10-36-11-16-14(15)7-8-18(30)21(16)31/h7-8,10-11,13,17,19-20,22-23H,12H2,1-6H3,(H,37,40)(H,38,42)/t13-,17+,19?,20+,22+,23+/m1/s1. The number of hydrogen-bond donors (Lipinski definition) is 2. The van der Waals surface area contributed by atoms with Crippen LogP contribution in [0.5, 0.6) is 0 Å². The largest absolute Gasteiger partial charge is 0.471 e. The van der Waals surface area contributed by atoms with Crippen molar-refractivity contribution in [2.75, 3.05) is 6.54 Å². The molecule has 1 aliphatic heterocycles. The maximum Gasteiger partial charge on any atom is 0.471 e. The Balaban J connectivity index is 1.66. The number of nitrogens with one attached hydrogen (secondary N) is 2. The fourth-order valence-corrected chi connectivity index (χ4v) is 6.44. The van der Waals surface area contributed by atoms with Crippen LogP contribution < -0.4 is 10.6 Å². The number of fused-ring (bicyclic) bond motifs is 2. The molecule has 232 valence electrons. The molecule has 2 N–H and O–H groups in total. The van der Waals surface area contributed by atoms with Gasteiger partial charge < -0.3 is 20.3 Å². The van der Waals surface area contributed by atoms with Crippen molar-refractivity contribution in [1.82, 2.24) is 20.5 Å². The third-order valence-corrected chi connectivity index (χ3v) is 8.99. The number of amides is 3. The Labute approximate surface area is 257 Å². The second-order valence-corrected chi connectivity index (χ2v) is 13.3. The number of carbonyl (C=O) groups is 3. The fourth-order valence-electron chi connectivity index (χ4n) is 6.06. The van der Waals surface area contributed by atoms with Gasteiger partial charge in [0.2, 0.25) is 11.8 Å². The first kappa shape index (κ1) is 32.8. The minimum absolute atomic E-state index is 0.0797. The van der Waals surface area contributed by atoms with Gasteiger partial charge in [0.1, 0.15) is 18.1 Å². The molecule has 1 saturated carbocycles. The molecule has 1 saturated heterocycles. The average Bonchev–Trinajstić information content (AvgIpc) is 3.21. The molecule has 4 rings (SSSR count). The van der Waals surface area contributed by atoms with E-state index in [2.05, 4.69) is 10.3 Å². The van der Waals surface area contributed by atoms with E-state index in [-0.39, 0.29) is 33.8 Å². The molecular weight excluding hydrogens is 610 g/mol. The van der Waals surface area contributed by atoms with Crippen molar-refractivity contribution in [3.8, 4) is 6.07 Å². The van der Waals surface area contributed by atoms with Crippen LogP contribution in [0.1, 0.15) is 53.1 Å². The van der Waals surface area contributed by atoms with E-state index in [4.69, 9.17) is 27.9 Å². The molecule has 14 heteroatoms. The molecule has 6 atom stereocenters. The molecule has 0 bridgehead atoms. The Morgan fingerprint density at radius 1 is 1.14 bits per heavy atom. The van der Waals surface area contributed by atoms with Crippen LogP contribution in [-0.2, 0) is 19.1 Å². The van der Waals surface area contributed by atoms with E-state index in [0.29, 0.717) is 16.3 Å². The van der Waals surface area contributed by atoms with Gasteiger partial charge in [0.25, 0.3) is 0 Å². The first-order chi connectivity index (χ1) is 19.8. The highest BCUT2D eigenvalue weighted by Crippen LogP contribution is 2.65. The average molecular weight is 643 g/mol. The third-order valence-electron chi connectivity index (χ3n) is 8.17. The number of aromatic nitrogens is 1. The Morgan fingerprint density at radius 2 is 1.79 bits per heavy atom. The lowest BCUT2D eigenvalue weighted by Crippen LogP contribution is -2.61. The van der Waals surface area contributed by atoms with E-state index in [1.807, 2.05) is 19.9 Å². The number of alkyl halides is 3. The zero-order chi connectivity index (χ0) is 32.2. The summed E-state index contributed by atoms with van der Waals surface area (Å²) in [6.45, 7) is 10.3. The van der Waals surface area contributed by atoms with Gasteiger partial charge >= 0.3 is 12.1 Å². The van der Waals surface area contributed by atoms with Gasteiger partial charge in [-0.05, 0) is 56.4 Å². The summed E-state index contributed by atoms with van der Waals surface area (Å²) in [5.41, 5.74) is -0.853. The molecule has 0 radical (unpaired) electrons. The molecule has 1 aromatic heterocycles. The molecule has 1 unspecified atom stereocenters. The van der Waals surface area contributed by atoms with Crippen molar-refractivity contribution in [3.05, 3.63) is 40.1 Å². The van der Waals surface area contributed by atoms with Crippen LogP contribution in [0.2, 0.25) is 10.0 Å². The number of nitrogens with zero attached hydrogens (tertiary/aromatic N) is 3. The van der Waals surface area contributed by atoms with Crippen molar-refractivity contribution >= 4 is 51.7 Å². The van der Waals surface area contributed by atoms with Crippen molar-refractivity contribution in [2.45, 2.75) is 77.5 Å². The van der Waals surface area contributed by atoms with Crippen LogP contribution >= 0.6 is 23.2 Å². The van der Waals surface area contributed by atoms with Gasteiger partial charge in [0, 0.05) is 29.9 Å². The zero-order valence-corrected chi connectivity index (χ0v) is 25.9. The number of benzene rings is 1. The zero-order valence-electron chi connectivity index (χ0n) is 24.3. The topological polar surface area (TPSA) is 124 Å². The van der Waals surface area contributed by atoms with Crippen LogP contribution in [0.15, 0.2) is 24.5 Å². The fraction of sp³-hybridized carbons (Fsp3) is 0.552. The number of pyridine rings is 1. The molecule has 3 amide bonds. The number of halogens is 5. The number of hydrogen-bond acceptors (Lipinski definition) is 6.